The first-order valence-corrected chi connectivity index (χ1v) is 10.2. The van der Waals surface area contributed by atoms with Crippen molar-refractivity contribution in [1.29, 1.82) is 0 Å². The third-order valence-corrected chi connectivity index (χ3v) is 5.37. The maximum Gasteiger partial charge on any atom is 0.222 e. The lowest BCUT2D eigenvalue weighted by molar-refractivity contribution is -0.129. The number of guanidine groups is 1. The molecule has 0 radical (unpaired) electrons. The fourth-order valence-corrected chi connectivity index (χ4v) is 3.65. The van der Waals surface area contributed by atoms with Crippen LogP contribution < -0.4 is 10.6 Å². The normalized spacial score (nSPS) is 17.0. The highest BCUT2D eigenvalue weighted by Crippen LogP contribution is 2.12. The molecule has 0 saturated carbocycles. The minimum Gasteiger partial charge on any atom is -0.356 e. The molecule has 0 bridgehead atoms. The molecule has 2 rings (SSSR count). The first kappa shape index (κ1) is 23.1. The van der Waals surface area contributed by atoms with Crippen LogP contribution in [0.2, 0.25) is 0 Å². The van der Waals surface area contributed by atoms with Crippen molar-refractivity contribution < 1.29 is 4.79 Å². The Morgan fingerprint density at radius 2 is 2.08 bits per heavy atom. The summed E-state index contributed by atoms with van der Waals surface area (Å²) in [5.74, 6) is 3.12. The summed E-state index contributed by atoms with van der Waals surface area (Å²) in [6.07, 6.45) is 1.56. The first-order valence-electron chi connectivity index (χ1n) is 9.00. The van der Waals surface area contributed by atoms with Crippen LogP contribution in [0, 0.1) is 6.92 Å². The molecule has 146 valence electrons. The Balaban J connectivity index is 0.00000338. The Kier molecular flexibility index (Phi) is 11.0. The SMILES string of the molecule is CCC(=O)N1CCC(NC(=NC)NCCSCc2ccc(C)cc2)C1.I. The van der Waals surface area contributed by atoms with Crippen LogP contribution in [-0.4, -0.2) is 55.2 Å². The van der Waals surface area contributed by atoms with Crippen LogP contribution in [0.4, 0.5) is 0 Å². The van der Waals surface area contributed by atoms with E-state index in [9.17, 15) is 4.79 Å². The number of amides is 1. The van der Waals surface area contributed by atoms with E-state index in [0.29, 0.717) is 12.5 Å². The van der Waals surface area contributed by atoms with Crippen LogP contribution >= 0.6 is 35.7 Å². The number of carbonyl (C=O) groups excluding carboxylic acids is 1. The zero-order valence-electron chi connectivity index (χ0n) is 16.0. The number of aryl methyl sites for hydroxylation is 1. The molecule has 1 fully saturated rings. The van der Waals surface area contributed by atoms with E-state index in [1.165, 1.54) is 11.1 Å². The topological polar surface area (TPSA) is 56.7 Å². The summed E-state index contributed by atoms with van der Waals surface area (Å²) < 4.78 is 0. The predicted octanol–water partition coefficient (Wildman–Crippen LogP) is 3.02. The number of carbonyl (C=O) groups is 1. The molecule has 0 aliphatic carbocycles. The average Bonchev–Trinajstić information content (AvgIpc) is 3.10. The minimum absolute atomic E-state index is 0. The lowest BCUT2D eigenvalue weighted by Gasteiger charge is -2.18. The van der Waals surface area contributed by atoms with Gasteiger partial charge in [0.25, 0.3) is 0 Å². The summed E-state index contributed by atoms with van der Waals surface area (Å²) in [4.78, 5) is 18.0. The predicted molar refractivity (Wildman–Crippen MR) is 123 cm³/mol. The number of rotatable bonds is 7. The number of halogens is 1. The molecule has 1 amide bonds. The molecule has 1 aromatic rings. The summed E-state index contributed by atoms with van der Waals surface area (Å²) >= 11 is 1.92. The second-order valence-electron chi connectivity index (χ2n) is 6.36. The van der Waals surface area contributed by atoms with E-state index in [2.05, 4.69) is 46.8 Å². The Morgan fingerprint density at radius 1 is 1.35 bits per heavy atom. The molecule has 1 aliphatic heterocycles. The van der Waals surface area contributed by atoms with E-state index < -0.39 is 0 Å². The van der Waals surface area contributed by atoms with E-state index in [4.69, 9.17) is 0 Å². The summed E-state index contributed by atoms with van der Waals surface area (Å²) in [5.41, 5.74) is 2.67. The van der Waals surface area contributed by atoms with Gasteiger partial charge in [-0.15, -0.1) is 24.0 Å². The molecule has 2 N–H and O–H groups in total. The second kappa shape index (κ2) is 12.4. The maximum atomic E-state index is 11.7. The molecule has 0 aromatic heterocycles. The molecule has 26 heavy (non-hydrogen) atoms. The van der Waals surface area contributed by atoms with Crippen LogP contribution in [0.25, 0.3) is 0 Å². The number of nitrogens with zero attached hydrogens (tertiary/aromatic N) is 2. The highest BCUT2D eigenvalue weighted by atomic mass is 127. The second-order valence-corrected chi connectivity index (χ2v) is 7.47. The fourth-order valence-electron chi connectivity index (χ4n) is 2.83. The lowest BCUT2D eigenvalue weighted by Crippen LogP contribution is -2.45. The van der Waals surface area contributed by atoms with Gasteiger partial charge in [0.1, 0.15) is 0 Å². The third-order valence-electron chi connectivity index (χ3n) is 4.34. The summed E-state index contributed by atoms with van der Waals surface area (Å²) in [7, 11) is 1.79. The van der Waals surface area contributed by atoms with Gasteiger partial charge in [-0.1, -0.05) is 36.8 Å². The molecule has 1 atom stereocenters. The molecule has 1 unspecified atom stereocenters. The van der Waals surface area contributed by atoms with Crippen LogP contribution in [0.5, 0.6) is 0 Å². The van der Waals surface area contributed by atoms with E-state index >= 15 is 0 Å². The van der Waals surface area contributed by atoms with Crippen molar-refractivity contribution in [3.8, 4) is 0 Å². The van der Waals surface area contributed by atoms with Crippen molar-refractivity contribution in [3.63, 3.8) is 0 Å². The molecule has 1 saturated heterocycles. The number of nitrogens with one attached hydrogen (secondary N) is 2. The average molecular weight is 490 g/mol. The zero-order valence-corrected chi connectivity index (χ0v) is 19.1. The number of aliphatic imine (C=N–C) groups is 1. The number of benzene rings is 1. The van der Waals surface area contributed by atoms with Crippen LogP contribution in [0.1, 0.15) is 30.9 Å². The molecular formula is C19H31IN4OS. The van der Waals surface area contributed by atoms with Crippen molar-refractivity contribution in [1.82, 2.24) is 15.5 Å². The standard InChI is InChI=1S/C19H30N4OS.HI/c1-4-18(24)23-11-9-17(13-23)22-19(20-3)21-10-12-25-14-16-7-5-15(2)6-8-16;/h5-8,17H,4,9-14H2,1-3H3,(H2,20,21,22);1H. The Bertz CT molecular complexity index is 579. The highest BCUT2D eigenvalue weighted by Gasteiger charge is 2.25. The Morgan fingerprint density at radius 3 is 2.73 bits per heavy atom. The van der Waals surface area contributed by atoms with Crippen molar-refractivity contribution in [2.45, 2.75) is 38.5 Å². The van der Waals surface area contributed by atoms with Gasteiger partial charge < -0.3 is 15.5 Å². The van der Waals surface area contributed by atoms with Gasteiger partial charge >= 0.3 is 0 Å². The van der Waals surface area contributed by atoms with Gasteiger partial charge in [0.05, 0.1) is 0 Å². The zero-order chi connectivity index (χ0) is 18.1. The van der Waals surface area contributed by atoms with Crippen LogP contribution in [0.15, 0.2) is 29.3 Å². The quantitative estimate of drug-likeness (QED) is 0.267. The van der Waals surface area contributed by atoms with Gasteiger partial charge in [0.2, 0.25) is 5.91 Å². The van der Waals surface area contributed by atoms with Gasteiger partial charge in [-0.2, -0.15) is 11.8 Å². The smallest absolute Gasteiger partial charge is 0.222 e. The van der Waals surface area contributed by atoms with Crippen LogP contribution in [0.3, 0.4) is 0 Å². The molecule has 1 heterocycles. The van der Waals surface area contributed by atoms with E-state index in [1.54, 1.807) is 7.05 Å². The lowest BCUT2D eigenvalue weighted by atomic mass is 10.2. The van der Waals surface area contributed by atoms with Crippen molar-refractivity contribution in [3.05, 3.63) is 35.4 Å². The van der Waals surface area contributed by atoms with Crippen molar-refractivity contribution >= 4 is 47.6 Å². The Labute approximate surface area is 178 Å². The molecular weight excluding hydrogens is 459 g/mol. The van der Waals surface area contributed by atoms with Gasteiger partial charge in [-0.3, -0.25) is 9.79 Å². The van der Waals surface area contributed by atoms with E-state index in [1.807, 2.05) is 23.6 Å². The summed E-state index contributed by atoms with van der Waals surface area (Å²) in [6.45, 7) is 6.52. The van der Waals surface area contributed by atoms with Gasteiger partial charge in [0.15, 0.2) is 5.96 Å². The maximum absolute atomic E-state index is 11.7. The molecule has 7 heteroatoms. The first-order chi connectivity index (χ1) is 12.1. The number of hydrogen-bond donors (Lipinski definition) is 2. The highest BCUT2D eigenvalue weighted by molar-refractivity contribution is 14.0. The molecule has 1 aliphatic rings. The third kappa shape index (κ3) is 7.73. The van der Waals surface area contributed by atoms with Gasteiger partial charge in [-0.05, 0) is 18.9 Å². The minimum atomic E-state index is 0. The molecule has 0 spiro atoms. The number of thioether (sulfide) groups is 1. The van der Waals surface area contributed by atoms with Crippen molar-refractivity contribution in [2.24, 2.45) is 4.99 Å². The monoisotopic (exact) mass is 490 g/mol. The fraction of sp³-hybridized carbons (Fsp3) is 0.579. The summed E-state index contributed by atoms with van der Waals surface area (Å²) in [6, 6.07) is 9.00. The van der Waals surface area contributed by atoms with E-state index in [0.717, 1.165) is 43.5 Å². The Hall–Kier alpha value is -0.960. The van der Waals surface area contributed by atoms with E-state index in [-0.39, 0.29) is 29.9 Å². The number of likely N-dealkylation sites (tertiary alicyclic amines) is 1. The van der Waals surface area contributed by atoms with Crippen molar-refractivity contribution in [2.75, 3.05) is 32.4 Å². The molecule has 1 aromatic carbocycles. The largest absolute Gasteiger partial charge is 0.356 e. The number of hydrogen-bond acceptors (Lipinski definition) is 3. The van der Waals surface area contributed by atoms with Gasteiger partial charge in [0, 0.05) is 50.7 Å². The molecule has 5 nitrogen and oxygen atoms in total. The van der Waals surface area contributed by atoms with Gasteiger partial charge in [-0.25, -0.2) is 0 Å². The van der Waals surface area contributed by atoms with Crippen LogP contribution in [-0.2, 0) is 10.5 Å². The summed E-state index contributed by atoms with van der Waals surface area (Å²) in [5, 5.41) is 6.79.